The molecule has 1 saturated heterocycles. The van der Waals surface area contributed by atoms with Crippen LogP contribution in [0.1, 0.15) is 6.92 Å². The first-order chi connectivity index (χ1) is 13.6. The summed E-state index contributed by atoms with van der Waals surface area (Å²) < 4.78 is 0. The number of phenols is 1. The summed E-state index contributed by atoms with van der Waals surface area (Å²) >= 11 is 0. The standard InChI is InChI=1S/C21H26N6O/c1-3-6-16(9-10-23-2)26-11-13-27(14-12-26)19-15-18(24-25-21(19)22)17-7-4-5-8-20(17)28/h3-10,15,28H,11-14H2,1-2H3,(H2,22,25)/b6-3?,16-9+,23-10?. The summed E-state index contributed by atoms with van der Waals surface area (Å²) in [5.41, 5.74) is 9.36. The molecule has 0 bridgehead atoms. The lowest BCUT2D eigenvalue weighted by molar-refractivity contribution is 0.331. The topological polar surface area (TPSA) is 90.9 Å². The van der Waals surface area contributed by atoms with Gasteiger partial charge in [-0.3, -0.25) is 4.99 Å². The number of piperazine rings is 1. The number of allylic oxidation sites excluding steroid dienone is 3. The Morgan fingerprint density at radius 2 is 1.93 bits per heavy atom. The fourth-order valence-corrected chi connectivity index (χ4v) is 3.26. The number of anilines is 2. The van der Waals surface area contributed by atoms with Gasteiger partial charge in [-0.05, 0) is 37.3 Å². The van der Waals surface area contributed by atoms with Crippen LogP contribution in [0.25, 0.3) is 11.3 Å². The molecule has 7 nitrogen and oxygen atoms in total. The number of nitrogens with zero attached hydrogens (tertiary/aromatic N) is 5. The molecule has 1 aliphatic heterocycles. The minimum Gasteiger partial charge on any atom is -0.507 e. The maximum Gasteiger partial charge on any atom is 0.169 e. The van der Waals surface area contributed by atoms with Crippen molar-refractivity contribution in [2.75, 3.05) is 43.9 Å². The molecule has 0 aliphatic carbocycles. The number of nitrogens with two attached hydrogens (primary N) is 1. The number of aliphatic imine (C=N–C) groups is 1. The monoisotopic (exact) mass is 378 g/mol. The molecule has 0 radical (unpaired) electrons. The molecule has 1 fully saturated rings. The summed E-state index contributed by atoms with van der Waals surface area (Å²) in [6.45, 7) is 5.36. The molecule has 0 amide bonds. The number of para-hydroxylation sites is 1. The zero-order valence-corrected chi connectivity index (χ0v) is 16.3. The van der Waals surface area contributed by atoms with Gasteiger partial charge in [-0.1, -0.05) is 18.2 Å². The molecule has 7 heteroatoms. The van der Waals surface area contributed by atoms with E-state index < -0.39 is 0 Å². The Labute approximate surface area is 165 Å². The van der Waals surface area contributed by atoms with Gasteiger partial charge in [-0.25, -0.2) is 0 Å². The third kappa shape index (κ3) is 4.31. The molecule has 1 aromatic carbocycles. The van der Waals surface area contributed by atoms with E-state index in [4.69, 9.17) is 5.73 Å². The fraction of sp³-hybridized carbons (Fsp3) is 0.286. The Bertz CT molecular complexity index is 898. The normalized spacial score (nSPS) is 15.7. The lowest BCUT2D eigenvalue weighted by Gasteiger charge is -2.38. The second-order valence-corrected chi connectivity index (χ2v) is 6.49. The molecule has 2 heterocycles. The van der Waals surface area contributed by atoms with E-state index in [0.717, 1.165) is 37.6 Å². The van der Waals surface area contributed by atoms with Gasteiger partial charge in [0, 0.05) is 50.7 Å². The smallest absolute Gasteiger partial charge is 0.169 e. The molecule has 146 valence electrons. The van der Waals surface area contributed by atoms with Crippen molar-refractivity contribution >= 4 is 17.7 Å². The molecule has 1 aliphatic rings. The van der Waals surface area contributed by atoms with Crippen LogP contribution in [0.4, 0.5) is 11.5 Å². The second kappa shape index (κ2) is 9.03. The number of nitrogen functional groups attached to an aromatic ring is 1. The summed E-state index contributed by atoms with van der Waals surface area (Å²) in [5.74, 6) is 0.575. The Morgan fingerprint density at radius 3 is 2.61 bits per heavy atom. The van der Waals surface area contributed by atoms with Crippen LogP contribution in [0.5, 0.6) is 5.75 Å². The van der Waals surface area contributed by atoms with Gasteiger partial charge in [0.1, 0.15) is 5.75 Å². The summed E-state index contributed by atoms with van der Waals surface area (Å²) in [7, 11) is 1.77. The first-order valence-corrected chi connectivity index (χ1v) is 9.30. The Balaban J connectivity index is 1.79. The van der Waals surface area contributed by atoms with Crippen molar-refractivity contribution in [3.05, 3.63) is 54.3 Å². The second-order valence-electron chi connectivity index (χ2n) is 6.49. The molecule has 28 heavy (non-hydrogen) atoms. The third-order valence-corrected chi connectivity index (χ3v) is 4.70. The number of aromatic nitrogens is 2. The van der Waals surface area contributed by atoms with Crippen molar-refractivity contribution in [1.82, 2.24) is 15.1 Å². The van der Waals surface area contributed by atoms with Crippen molar-refractivity contribution in [1.29, 1.82) is 0 Å². The number of hydrogen-bond donors (Lipinski definition) is 2. The molecule has 3 rings (SSSR count). The van der Waals surface area contributed by atoms with E-state index >= 15 is 0 Å². The third-order valence-electron chi connectivity index (χ3n) is 4.70. The molecule has 0 spiro atoms. The van der Waals surface area contributed by atoms with Crippen LogP contribution >= 0.6 is 0 Å². The number of phenolic OH excluding ortho intramolecular Hbond substituents is 1. The van der Waals surface area contributed by atoms with E-state index in [2.05, 4.69) is 31.1 Å². The zero-order chi connectivity index (χ0) is 19.9. The number of aromatic hydroxyl groups is 1. The zero-order valence-electron chi connectivity index (χ0n) is 16.3. The van der Waals surface area contributed by atoms with Crippen LogP contribution in [0.2, 0.25) is 0 Å². The summed E-state index contributed by atoms with van der Waals surface area (Å²) in [6.07, 6.45) is 7.96. The quantitative estimate of drug-likeness (QED) is 0.614. The van der Waals surface area contributed by atoms with Crippen molar-refractivity contribution in [3.8, 4) is 17.0 Å². The summed E-state index contributed by atoms with van der Waals surface area (Å²) in [4.78, 5) is 8.59. The van der Waals surface area contributed by atoms with Crippen LogP contribution in [0.15, 0.2) is 59.2 Å². The number of hydrogen-bond acceptors (Lipinski definition) is 7. The van der Waals surface area contributed by atoms with Crippen LogP contribution in [-0.2, 0) is 0 Å². The lowest BCUT2D eigenvalue weighted by Crippen LogP contribution is -2.46. The maximum atomic E-state index is 10.1. The first kappa shape index (κ1) is 19.4. The largest absolute Gasteiger partial charge is 0.507 e. The van der Waals surface area contributed by atoms with Crippen LogP contribution in [-0.4, -0.2) is 59.6 Å². The predicted octanol–water partition coefficient (Wildman–Crippen LogP) is 2.71. The van der Waals surface area contributed by atoms with Crippen LogP contribution in [0, 0.1) is 0 Å². The minimum atomic E-state index is 0.177. The van der Waals surface area contributed by atoms with Crippen molar-refractivity contribution in [3.63, 3.8) is 0 Å². The average molecular weight is 378 g/mol. The van der Waals surface area contributed by atoms with E-state index in [-0.39, 0.29) is 5.75 Å². The van der Waals surface area contributed by atoms with Crippen molar-refractivity contribution in [2.24, 2.45) is 4.99 Å². The SMILES string of the molecule is CC=C/C(=C\C=NC)N1CCN(c2cc(-c3ccccc3O)nnc2N)CC1. The van der Waals surface area contributed by atoms with Gasteiger partial charge in [0.2, 0.25) is 0 Å². The highest BCUT2D eigenvalue weighted by Gasteiger charge is 2.21. The molecule has 0 saturated carbocycles. The van der Waals surface area contributed by atoms with Crippen molar-refractivity contribution < 1.29 is 5.11 Å². The molecule has 0 unspecified atom stereocenters. The van der Waals surface area contributed by atoms with Crippen molar-refractivity contribution in [2.45, 2.75) is 6.92 Å². The highest BCUT2D eigenvalue weighted by atomic mass is 16.3. The van der Waals surface area contributed by atoms with Gasteiger partial charge in [-0.2, -0.15) is 0 Å². The average Bonchev–Trinajstić information content (AvgIpc) is 2.72. The van der Waals surface area contributed by atoms with Gasteiger partial charge in [0.05, 0.1) is 11.4 Å². The first-order valence-electron chi connectivity index (χ1n) is 9.30. The molecule has 0 atom stereocenters. The lowest BCUT2D eigenvalue weighted by atomic mass is 10.1. The maximum absolute atomic E-state index is 10.1. The van der Waals surface area contributed by atoms with Gasteiger partial charge in [0.25, 0.3) is 0 Å². The highest BCUT2D eigenvalue weighted by molar-refractivity contribution is 5.74. The molecular formula is C21H26N6O. The Kier molecular flexibility index (Phi) is 6.26. The van der Waals surface area contributed by atoms with Gasteiger partial charge in [0.15, 0.2) is 5.82 Å². The van der Waals surface area contributed by atoms with E-state index in [1.165, 1.54) is 0 Å². The van der Waals surface area contributed by atoms with E-state index in [1.54, 1.807) is 19.2 Å². The predicted molar refractivity (Wildman–Crippen MR) is 115 cm³/mol. The van der Waals surface area contributed by atoms with Gasteiger partial charge >= 0.3 is 0 Å². The van der Waals surface area contributed by atoms with E-state index in [9.17, 15) is 5.11 Å². The van der Waals surface area contributed by atoms with E-state index in [1.807, 2.05) is 43.5 Å². The molecule has 3 N–H and O–H groups in total. The van der Waals surface area contributed by atoms with Gasteiger partial charge in [-0.15, -0.1) is 10.2 Å². The highest BCUT2D eigenvalue weighted by Crippen LogP contribution is 2.31. The fourth-order valence-electron chi connectivity index (χ4n) is 3.26. The van der Waals surface area contributed by atoms with Crippen LogP contribution < -0.4 is 10.6 Å². The Morgan fingerprint density at radius 1 is 1.18 bits per heavy atom. The Hall–Kier alpha value is -3.35. The number of rotatable bonds is 5. The van der Waals surface area contributed by atoms with E-state index in [0.29, 0.717) is 17.1 Å². The summed E-state index contributed by atoms with van der Waals surface area (Å²) in [5, 5.41) is 18.4. The molecule has 2 aromatic rings. The minimum absolute atomic E-state index is 0.177. The number of benzene rings is 1. The molecular weight excluding hydrogens is 352 g/mol. The summed E-state index contributed by atoms with van der Waals surface area (Å²) in [6, 6.07) is 9.00. The molecule has 1 aromatic heterocycles. The van der Waals surface area contributed by atoms with Crippen LogP contribution in [0.3, 0.4) is 0 Å². The van der Waals surface area contributed by atoms with Gasteiger partial charge < -0.3 is 20.6 Å².